The molecule has 0 heterocycles. The zero-order valence-corrected chi connectivity index (χ0v) is 15.0. The summed E-state index contributed by atoms with van der Waals surface area (Å²) in [6, 6.07) is 7.60. The Hall–Kier alpha value is -0.540. The van der Waals surface area contributed by atoms with Crippen LogP contribution in [0.3, 0.4) is 0 Å². The van der Waals surface area contributed by atoms with Crippen molar-refractivity contribution in [2.45, 2.75) is 70.4 Å². The number of benzene rings is 1. The molecule has 0 aliphatic heterocycles. The molecule has 1 saturated carbocycles. The van der Waals surface area contributed by atoms with Gasteiger partial charge in [0.1, 0.15) is 0 Å². The van der Waals surface area contributed by atoms with Crippen molar-refractivity contribution >= 4 is 21.6 Å². The van der Waals surface area contributed by atoms with E-state index in [9.17, 15) is 0 Å². The van der Waals surface area contributed by atoms with E-state index in [1.165, 1.54) is 49.8 Å². The number of rotatable bonds is 5. The molecule has 0 spiro atoms. The molecule has 2 N–H and O–H groups in total. The van der Waals surface area contributed by atoms with Gasteiger partial charge in [-0.2, -0.15) is 0 Å². The fraction of sp³-hybridized carbons (Fsp3) is 0.667. The Morgan fingerprint density at radius 2 is 1.90 bits per heavy atom. The van der Waals surface area contributed by atoms with E-state index in [0.29, 0.717) is 6.04 Å². The molecular weight excluding hydrogens is 324 g/mol. The number of halogens is 1. The molecule has 2 rings (SSSR count). The number of hydrogen-bond acceptors (Lipinski definition) is 2. The van der Waals surface area contributed by atoms with Crippen LogP contribution in [0.25, 0.3) is 0 Å². The van der Waals surface area contributed by atoms with Crippen molar-refractivity contribution in [1.29, 1.82) is 0 Å². The SMILES string of the molecule is CCC(N)Cc1cc(Br)ccc1N(C)C1CCCCCC1. The zero-order chi connectivity index (χ0) is 15.2. The Labute approximate surface area is 138 Å². The van der Waals surface area contributed by atoms with Gasteiger partial charge in [0.15, 0.2) is 0 Å². The minimum atomic E-state index is 0.251. The van der Waals surface area contributed by atoms with Crippen LogP contribution in [0.15, 0.2) is 22.7 Å². The Kier molecular flexibility index (Phi) is 6.56. The van der Waals surface area contributed by atoms with E-state index in [2.05, 4.69) is 53.0 Å². The monoisotopic (exact) mass is 352 g/mol. The van der Waals surface area contributed by atoms with Crippen molar-refractivity contribution in [1.82, 2.24) is 0 Å². The third kappa shape index (κ3) is 4.72. The third-order valence-corrected chi connectivity index (χ3v) is 5.29. The van der Waals surface area contributed by atoms with Gasteiger partial charge >= 0.3 is 0 Å². The normalized spacial score (nSPS) is 18.3. The molecule has 1 aliphatic carbocycles. The van der Waals surface area contributed by atoms with Gasteiger partial charge in [-0.25, -0.2) is 0 Å². The van der Waals surface area contributed by atoms with Crippen LogP contribution in [-0.4, -0.2) is 19.1 Å². The molecule has 0 radical (unpaired) electrons. The summed E-state index contributed by atoms with van der Waals surface area (Å²) in [5.74, 6) is 0. The molecule has 0 amide bonds. The van der Waals surface area contributed by atoms with E-state index in [4.69, 9.17) is 5.73 Å². The number of nitrogens with zero attached hydrogens (tertiary/aromatic N) is 1. The largest absolute Gasteiger partial charge is 0.371 e. The average molecular weight is 353 g/mol. The van der Waals surface area contributed by atoms with Crippen molar-refractivity contribution in [3.05, 3.63) is 28.2 Å². The molecule has 0 aromatic heterocycles. The molecule has 2 nitrogen and oxygen atoms in total. The first-order valence-corrected chi connectivity index (χ1v) is 9.18. The van der Waals surface area contributed by atoms with Gasteiger partial charge in [0.05, 0.1) is 0 Å². The molecule has 1 fully saturated rings. The quantitative estimate of drug-likeness (QED) is 0.764. The smallest absolute Gasteiger partial charge is 0.0400 e. The van der Waals surface area contributed by atoms with Crippen LogP contribution in [0.5, 0.6) is 0 Å². The Morgan fingerprint density at radius 3 is 2.52 bits per heavy atom. The lowest BCUT2D eigenvalue weighted by Crippen LogP contribution is -2.32. The minimum absolute atomic E-state index is 0.251. The molecular formula is C18H29BrN2. The molecule has 21 heavy (non-hydrogen) atoms. The average Bonchev–Trinajstić information content (AvgIpc) is 2.75. The van der Waals surface area contributed by atoms with Crippen LogP contribution in [0, 0.1) is 0 Å². The summed E-state index contributed by atoms with van der Waals surface area (Å²) < 4.78 is 1.15. The van der Waals surface area contributed by atoms with Gasteiger partial charge in [0.25, 0.3) is 0 Å². The summed E-state index contributed by atoms with van der Waals surface area (Å²) in [5, 5.41) is 0. The number of anilines is 1. The van der Waals surface area contributed by atoms with Gasteiger partial charge in [-0.05, 0) is 49.4 Å². The van der Waals surface area contributed by atoms with Crippen LogP contribution in [0.2, 0.25) is 0 Å². The molecule has 118 valence electrons. The molecule has 0 bridgehead atoms. The lowest BCUT2D eigenvalue weighted by atomic mass is 10.00. The number of nitrogens with two attached hydrogens (primary N) is 1. The maximum absolute atomic E-state index is 6.19. The van der Waals surface area contributed by atoms with Gasteiger partial charge in [-0.1, -0.05) is 48.5 Å². The van der Waals surface area contributed by atoms with Crippen LogP contribution < -0.4 is 10.6 Å². The predicted molar refractivity (Wildman–Crippen MR) is 96.0 cm³/mol. The van der Waals surface area contributed by atoms with Gasteiger partial charge in [0, 0.05) is 29.3 Å². The van der Waals surface area contributed by atoms with Crippen molar-refractivity contribution in [2.24, 2.45) is 5.73 Å². The van der Waals surface area contributed by atoms with E-state index in [0.717, 1.165) is 17.3 Å². The maximum Gasteiger partial charge on any atom is 0.0400 e. The molecule has 1 atom stereocenters. The van der Waals surface area contributed by atoms with Crippen LogP contribution in [-0.2, 0) is 6.42 Å². The molecule has 1 unspecified atom stereocenters. The zero-order valence-electron chi connectivity index (χ0n) is 13.4. The second kappa shape index (κ2) is 8.19. The predicted octanol–water partition coefficient (Wildman–Crippen LogP) is 4.89. The highest BCUT2D eigenvalue weighted by molar-refractivity contribution is 9.10. The first kappa shape index (κ1) is 16.8. The van der Waals surface area contributed by atoms with Crippen molar-refractivity contribution in [3.8, 4) is 0 Å². The van der Waals surface area contributed by atoms with Crippen molar-refractivity contribution in [2.75, 3.05) is 11.9 Å². The maximum atomic E-state index is 6.19. The fourth-order valence-corrected chi connectivity index (χ4v) is 3.74. The van der Waals surface area contributed by atoms with Gasteiger partial charge in [-0.15, -0.1) is 0 Å². The topological polar surface area (TPSA) is 29.3 Å². The van der Waals surface area contributed by atoms with E-state index in [1.54, 1.807) is 0 Å². The van der Waals surface area contributed by atoms with E-state index in [1.807, 2.05) is 0 Å². The Balaban J connectivity index is 2.20. The molecule has 1 aromatic rings. The van der Waals surface area contributed by atoms with Crippen LogP contribution >= 0.6 is 15.9 Å². The molecule has 3 heteroatoms. The summed E-state index contributed by atoms with van der Waals surface area (Å²) in [4.78, 5) is 2.51. The lowest BCUT2D eigenvalue weighted by Gasteiger charge is -2.31. The summed E-state index contributed by atoms with van der Waals surface area (Å²) in [6.07, 6.45) is 10.2. The highest BCUT2D eigenvalue weighted by atomic mass is 79.9. The van der Waals surface area contributed by atoms with E-state index in [-0.39, 0.29) is 6.04 Å². The van der Waals surface area contributed by atoms with Crippen LogP contribution in [0.1, 0.15) is 57.4 Å². The second-order valence-electron chi connectivity index (χ2n) is 6.40. The number of hydrogen-bond donors (Lipinski definition) is 1. The first-order valence-electron chi connectivity index (χ1n) is 8.38. The highest BCUT2D eigenvalue weighted by Gasteiger charge is 2.20. The molecule has 0 saturated heterocycles. The standard InChI is InChI=1S/C18H29BrN2/c1-3-16(20)13-14-12-15(19)10-11-18(14)21(2)17-8-6-4-5-7-9-17/h10-12,16-17H,3-9,13,20H2,1-2H3. The summed E-state index contributed by atoms with van der Waals surface area (Å²) >= 11 is 3.61. The lowest BCUT2D eigenvalue weighted by molar-refractivity contribution is 0.550. The Bertz CT molecular complexity index is 439. The molecule has 1 aliphatic rings. The minimum Gasteiger partial charge on any atom is -0.371 e. The van der Waals surface area contributed by atoms with E-state index < -0.39 is 0 Å². The van der Waals surface area contributed by atoms with Gasteiger partial charge in [-0.3, -0.25) is 0 Å². The first-order chi connectivity index (χ1) is 10.1. The summed E-state index contributed by atoms with van der Waals surface area (Å²) in [6.45, 7) is 2.16. The fourth-order valence-electron chi connectivity index (χ4n) is 3.33. The van der Waals surface area contributed by atoms with Gasteiger partial charge < -0.3 is 10.6 Å². The second-order valence-corrected chi connectivity index (χ2v) is 7.32. The Morgan fingerprint density at radius 1 is 1.24 bits per heavy atom. The van der Waals surface area contributed by atoms with Gasteiger partial charge in [0.2, 0.25) is 0 Å². The summed E-state index contributed by atoms with van der Waals surface area (Å²) in [7, 11) is 2.26. The third-order valence-electron chi connectivity index (χ3n) is 4.80. The van der Waals surface area contributed by atoms with E-state index >= 15 is 0 Å². The van der Waals surface area contributed by atoms with Crippen molar-refractivity contribution in [3.63, 3.8) is 0 Å². The molecule has 1 aromatic carbocycles. The highest BCUT2D eigenvalue weighted by Crippen LogP contribution is 2.30. The van der Waals surface area contributed by atoms with Crippen LogP contribution in [0.4, 0.5) is 5.69 Å². The summed E-state index contributed by atoms with van der Waals surface area (Å²) in [5.41, 5.74) is 8.94. The van der Waals surface area contributed by atoms with Crippen molar-refractivity contribution < 1.29 is 0 Å².